The molecule has 2 nitrogen and oxygen atoms in total. The summed E-state index contributed by atoms with van der Waals surface area (Å²) >= 11 is 0. The van der Waals surface area contributed by atoms with Crippen LogP contribution in [0.4, 0.5) is 13.2 Å². The monoisotopic (exact) mass is 163 g/mol. The zero-order chi connectivity index (χ0) is 6.78. The Balaban J connectivity index is 0. The van der Waals surface area contributed by atoms with Gasteiger partial charge < -0.3 is 5.73 Å². The van der Waals surface area contributed by atoms with E-state index in [0.717, 1.165) is 0 Å². The summed E-state index contributed by atoms with van der Waals surface area (Å²) in [6, 6.07) is 0. The molecule has 2 N–H and O–H groups in total. The van der Waals surface area contributed by atoms with Crippen molar-refractivity contribution in [1.82, 2.24) is 0 Å². The molecule has 9 heavy (non-hydrogen) atoms. The number of hydrogen-bond acceptors (Lipinski definition) is 1. The molecule has 0 unspecified atom stereocenters. The summed E-state index contributed by atoms with van der Waals surface area (Å²) < 4.78 is 33.0. The summed E-state index contributed by atoms with van der Waals surface area (Å²) in [6.07, 6.45) is -5.99. The third kappa shape index (κ3) is 11.2. The number of hydrogen-bond donors (Lipinski definition) is 1. The molecule has 0 spiro atoms. The number of rotatable bonds is 1. The molecule has 0 saturated heterocycles. The lowest BCUT2D eigenvalue weighted by molar-refractivity contribution is -0.151. The fraction of sp³-hybridized carbons (Fsp3) is 0.667. The lowest BCUT2D eigenvalue weighted by Gasteiger charge is -1.99. The molecule has 0 aliphatic rings. The van der Waals surface area contributed by atoms with Crippen LogP contribution in [0.3, 0.4) is 0 Å². The SMILES string of the molecule is Cl.NC(=O)CC(F)(F)F. The molecule has 0 atom stereocenters. The van der Waals surface area contributed by atoms with E-state index >= 15 is 0 Å². The Morgan fingerprint density at radius 1 is 1.44 bits per heavy atom. The highest BCUT2D eigenvalue weighted by Gasteiger charge is 2.29. The third-order valence-electron chi connectivity index (χ3n) is 0.375. The summed E-state index contributed by atoms with van der Waals surface area (Å²) in [7, 11) is 0. The lowest BCUT2D eigenvalue weighted by Crippen LogP contribution is -2.21. The molecule has 0 radical (unpaired) electrons. The van der Waals surface area contributed by atoms with Gasteiger partial charge in [0.05, 0.1) is 0 Å². The van der Waals surface area contributed by atoms with Crippen molar-refractivity contribution >= 4 is 18.3 Å². The van der Waals surface area contributed by atoms with E-state index in [9.17, 15) is 18.0 Å². The highest BCUT2D eigenvalue weighted by atomic mass is 35.5. The third-order valence-corrected chi connectivity index (χ3v) is 0.375. The highest BCUT2D eigenvalue weighted by molar-refractivity contribution is 5.85. The second-order valence-corrected chi connectivity index (χ2v) is 1.26. The maximum Gasteiger partial charge on any atom is 0.397 e. The minimum atomic E-state index is -4.45. The zero-order valence-corrected chi connectivity index (χ0v) is 5.05. The standard InChI is InChI=1S/C3H4F3NO.ClH/c4-3(5,6)1-2(7)8;/h1H2,(H2,7,8);1H. The van der Waals surface area contributed by atoms with Gasteiger partial charge in [0, 0.05) is 0 Å². The van der Waals surface area contributed by atoms with Gasteiger partial charge in [-0.25, -0.2) is 0 Å². The van der Waals surface area contributed by atoms with Crippen LogP contribution in [0, 0.1) is 0 Å². The molecular formula is C3H5ClF3NO. The Labute approximate surface area is 55.6 Å². The van der Waals surface area contributed by atoms with Gasteiger partial charge in [-0.15, -0.1) is 12.4 Å². The average molecular weight is 164 g/mol. The molecule has 56 valence electrons. The number of alkyl halides is 3. The Morgan fingerprint density at radius 3 is 1.78 bits per heavy atom. The van der Waals surface area contributed by atoms with E-state index in [2.05, 4.69) is 5.73 Å². The predicted octanol–water partition coefficient (Wildman–Crippen LogP) is 0.846. The van der Waals surface area contributed by atoms with Gasteiger partial charge in [-0.05, 0) is 0 Å². The first-order valence-corrected chi connectivity index (χ1v) is 1.77. The van der Waals surface area contributed by atoms with Crippen LogP contribution in [0.2, 0.25) is 0 Å². The van der Waals surface area contributed by atoms with Crippen molar-refractivity contribution in [2.45, 2.75) is 12.6 Å². The Hall–Kier alpha value is -0.450. The molecule has 0 aromatic rings. The van der Waals surface area contributed by atoms with Crippen LogP contribution in [0.5, 0.6) is 0 Å². The largest absolute Gasteiger partial charge is 0.397 e. The summed E-state index contributed by atoms with van der Waals surface area (Å²) in [5.74, 6) is -1.35. The first-order valence-electron chi connectivity index (χ1n) is 1.77. The van der Waals surface area contributed by atoms with E-state index in [1.165, 1.54) is 0 Å². The first-order chi connectivity index (χ1) is 3.42. The van der Waals surface area contributed by atoms with E-state index in [1.807, 2.05) is 0 Å². The number of primary amides is 1. The van der Waals surface area contributed by atoms with E-state index in [4.69, 9.17) is 0 Å². The topological polar surface area (TPSA) is 43.1 Å². The number of carbonyl (C=O) groups excluding carboxylic acids is 1. The van der Waals surface area contributed by atoms with Crippen molar-refractivity contribution in [3.8, 4) is 0 Å². The average Bonchev–Trinajstić information content (AvgIpc) is 1.21. The molecule has 1 amide bonds. The first kappa shape index (κ1) is 11.4. The van der Waals surface area contributed by atoms with Crippen molar-refractivity contribution in [2.24, 2.45) is 5.73 Å². The predicted molar refractivity (Wildman–Crippen MR) is 27.1 cm³/mol. The van der Waals surface area contributed by atoms with E-state index in [-0.39, 0.29) is 12.4 Å². The second kappa shape index (κ2) is 3.55. The summed E-state index contributed by atoms with van der Waals surface area (Å²) in [6.45, 7) is 0. The fourth-order valence-corrected chi connectivity index (χ4v) is 0.198. The summed E-state index contributed by atoms with van der Waals surface area (Å²) in [4.78, 5) is 9.52. The van der Waals surface area contributed by atoms with Gasteiger partial charge in [0.2, 0.25) is 5.91 Å². The molecule has 0 aliphatic heterocycles. The zero-order valence-electron chi connectivity index (χ0n) is 4.23. The second-order valence-electron chi connectivity index (χ2n) is 1.26. The molecule has 0 aliphatic carbocycles. The smallest absolute Gasteiger partial charge is 0.369 e. The quantitative estimate of drug-likeness (QED) is 0.612. The van der Waals surface area contributed by atoms with Crippen molar-refractivity contribution in [3.05, 3.63) is 0 Å². The Kier molecular flexibility index (Phi) is 4.48. The minimum absolute atomic E-state index is 0. The van der Waals surface area contributed by atoms with Crippen LogP contribution >= 0.6 is 12.4 Å². The maximum absolute atomic E-state index is 11.0. The molecular weight excluding hydrogens is 158 g/mol. The van der Waals surface area contributed by atoms with Crippen LogP contribution in [0.1, 0.15) is 6.42 Å². The van der Waals surface area contributed by atoms with Crippen LogP contribution in [0.25, 0.3) is 0 Å². The van der Waals surface area contributed by atoms with Gasteiger partial charge in [0.1, 0.15) is 6.42 Å². The van der Waals surface area contributed by atoms with Gasteiger partial charge in [-0.2, -0.15) is 13.2 Å². The van der Waals surface area contributed by atoms with E-state index in [1.54, 1.807) is 0 Å². The van der Waals surface area contributed by atoms with Gasteiger partial charge in [-0.1, -0.05) is 0 Å². The van der Waals surface area contributed by atoms with Crippen LogP contribution in [-0.2, 0) is 4.79 Å². The lowest BCUT2D eigenvalue weighted by atomic mass is 10.4. The van der Waals surface area contributed by atoms with Gasteiger partial charge in [-0.3, -0.25) is 4.79 Å². The van der Waals surface area contributed by atoms with Crippen molar-refractivity contribution in [1.29, 1.82) is 0 Å². The van der Waals surface area contributed by atoms with Gasteiger partial charge >= 0.3 is 6.18 Å². The van der Waals surface area contributed by atoms with Gasteiger partial charge in [0.25, 0.3) is 0 Å². The Morgan fingerprint density at radius 2 is 1.78 bits per heavy atom. The molecule has 0 rings (SSSR count). The number of nitrogens with two attached hydrogens (primary N) is 1. The minimum Gasteiger partial charge on any atom is -0.369 e. The van der Waals surface area contributed by atoms with E-state index < -0.39 is 18.5 Å². The van der Waals surface area contributed by atoms with Crippen LogP contribution < -0.4 is 5.73 Å². The Bertz CT molecular complexity index is 102. The molecule has 0 bridgehead atoms. The molecule has 0 aromatic carbocycles. The molecule has 0 fully saturated rings. The number of amides is 1. The molecule has 0 saturated carbocycles. The molecule has 0 heterocycles. The van der Waals surface area contributed by atoms with E-state index in [0.29, 0.717) is 0 Å². The molecule has 0 aromatic heterocycles. The van der Waals surface area contributed by atoms with Crippen LogP contribution in [-0.4, -0.2) is 12.1 Å². The van der Waals surface area contributed by atoms with Crippen molar-refractivity contribution in [2.75, 3.05) is 0 Å². The number of carbonyl (C=O) groups is 1. The summed E-state index contributed by atoms with van der Waals surface area (Å²) in [5, 5.41) is 0. The summed E-state index contributed by atoms with van der Waals surface area (Å²) in [5.41, 5.74) is 4.22. The number of halogens is 4. The highest BCUT2D eigenvalue weighted by Crippen LogP contribution is 2.17. The van der Waals surface area contributed by atoms with Crippen molar-refractivity contribution in [3.63, 3.8) is 0 Å². The fourth-order valence-electron chi connectivity index (χ4n) is 0.198. The maximum atomic E-state index is 11.0. The van der Waals surface area contributed by atoms with Gasteiger partial charge in [0.15, 0.2) is 0 Å². The van der Waals surface area contributed by atoms with Crippen molar-refractivity contribution < 1.29 is 18.0 Å². The normalized spacial score (nSPS) is 10.1. The van der Waals surface area contributed by atoms with Crippen LogP contribution in [0.15, 0.2) is 0 Å². The molecule has 6 heteroatoms.